The predicted octanol–water partition coefficient (Wildman–Crippen LogP) is 2.51. The second kappa shape index (κ2) is 4.56. The molecule has 14 heavy (non-hydrogen) atoms. The Bertz CT molecular complexity index is 292. The standard InChI is InChI=1S/C12H16FN/c13-11-4-1-3-10(9-11)6-7-12-5-2-8-14-12/h1,3-4,9,12,14H,2,5-8H2/t12-/m0/s1. The lowest BCUT2D eigenvalue weighted by Gasteiger charge is -2.09. The molecule has 2 heteroatoms. The van der Waals surface area contributed by atoms with E-state index < -0.39 is 0 Å². The quantitative estimate of drug-likeness (QED) is 0.777. The smallest absolute Gasteiger partial charge is 0.123 e. The molecule has 1 nitrogen and oxygen atoms in total. The van der Waals surface area contributed by atoms with Crippen molar-refractivity contribution < 1.29 is 4.39 Å². The van der Waals surface area contributed by atoms with Gasteiger partial charge in [0.2, 0.25) is 0 Å². The van der Waals surface area contributed by atoms with Crippen LogP contribution in [-0.4, -0.2) is 12.6 Å². The fourth-order valence-corrected chi connectivity index (χ4v) is 2.04. The van der Waals surface area contributed by atoms with Gasteiger partial charge in [0.1, 0.15) is 5.82 Å². The lowest BCUT2D eigenvalue weighted by Crippen LogP contribution is -2.21. The molecule has 1 saturated heterocycles. The highest BCUT2D eigenvalue weighted by Gasteiger charge is 2.13. The van der Waals surface area contributed by atoms with Gasteiger partial charge in [0, 0.05) is 6.04 Å². The van der Waals surface area contributed by atoms with Gasteiger partial charge in [0.15, 0.2) is 0 Å². The molecule has 1 atom stereocenters. The molecule has 1 fully saturated rings. The van der Waals surface area contributed by atoms with E-state index in [1.807, 2.05) is 6.07 Å². The van der Waals surface area contributed by atoms with Crippen LogP contribution in [-0.2, 0) is 6.42 Å². The fourth-order valence-electron chi connectivity index (χ4n) is 2.04. The van der Waals surface area contributed by atoms with Crippen LogP contribution in [0.3, 0.4) is 0 Å². The van der Waals surface area contributed by atoms with E-state index in [0.717, 1.165) is 24.9 Å². The van der Waals surface area contributed by atoms with Crippen molar-refractivity contribution >= 4 is 0 Å². The summed E-state index contributed by atoms with van der Waals surface area (Å²) in [5.74, 6) is -0.123. The zero-order valence-corrected chi connectivity index (χ0v) is 8.30. The lowest BCUT2D eigenvalue weighted by atomic mass is 10.0. The molecule has 1 aromatic rings. The largest absolute Gasteiger partial charge is 0.314 e. The van der Waals surface area contributed by atoms with Crippen molar-refractivity contribution in [2.45, 2.75) is 31.7 Å². The molecule has 0 amide bonds. The molecule has 0 aromatic heterocycles. The Hall–Kier alpha value is -0.890. The Morgan fingerprint density at radius 1 is 1.43 bits per heavy atom. The Balaban J connectivity index is 1.85. The summed E-state index contributed by atoms with van der Waals surface area (Å²) in [4.78, 5) is 0. The first-order chi connectivity index (χ1) is 6.84. The molecule has 1 aliphatic heterocycles. The van der Waals surface area contributed by atoms with Crippen LogP contribution >= 0.6 is 0 Å². The second-order valence-electron chi connectivity index (χ2n) is 3.96. The minimum Gasteiger partial charge on any atom is -0.314 e. The number of aryl methyl sites for hydroxylation is 1. The number of hydrogen-bond acceptors (Lipinski definition) is 1. The molecule has 1 heterocycles. The minimum atomic E-state index is -0.123. The lowest BCUT2D eigenvalue weighted by molar-refractivity contribution is 0.557. The molecule has 1 aromatic carbocycles. The van der Waals surface area contributed by atoms with Crippen LogP contribution in [0.25, 0.3) is 0 Å². The van der Waals surface area contributed by atoms with Gasteiger partial charge in [-0.05, 0) is 49.9 Å². The number of hydrogen-bond donors (Lipinski definition) is 1. The SMILES string of the molecule is Fc1cccc(CC[C@@H]2CCCN2)c1. The fraction of sp³-hybridized carbons (Fsp3) is 0.500. The molecule has 0 unspecified atom stereocenters. The average molecular weight is 193 g/mol. The molecule has 1 N–H and O–H groups in total. The van der Waals surface area contributed by atoms with E-state index in [4.69, 9.17) is 0 Å². The van der Waals surface area contributed by atoms with Crippen molar-refractivity contribution in [3.05, 3.63) is 35.6 Å². The summed E-state index contributed by atoms with van der Waals surface area (Å²) >= 11 is 0. The van der Waals surface area contributed by atoms with E-state index in [2.05, 4.69) is 5.32 Å². The zero-order chi connectivity index (χ0) is 9.80. The molecule has 0 radical (unpaired) electrons. The number of nitrogens with one attached hydrogen (secondary N) is 1. The Morgan fingerprint density at radius 3 is 3.07 bits per heavy atom. The van der Waals surface area contributed by atoms with Gasteiger partial charge in [-0.3, -0.25) is 0 Å². The van der Waals surface area contributed by atoms with Gasteiger partial charge in [0.05, 0.1) is 0 Å². The third-order valence-corrected chi connectivity index (χ3v) is 2.83. The molecule has 1 aliphatic rings. The number of benzene rings is 1. The zero-order valence-electron chi connectivity index (χ0n) is 8.30. The highest BCUT2D eigenvalue weighted by atomic mass is 19.1. The van der Waals surface area contributed by atoms with Crippen LogP contribution < -0.4 is 5.32 Å². The van der Waals surface area contributed by atoms with Gasteiger partial charge in [-0.25, -0.2) is 4.39 Å². The molecule has 0 aliphatic carbocycles. The first-order valence-electron chi connectivity index (χ1n) is 5.32. The maximum Gasteiger partial charge on any atom is 0.123 e. The third-order valence-electron chi connectivity index (χ3n) is 2.83. The number of halogens is 1. The maximum absolute atomic E-state index is 12.9. The number of rotatable bonds is 3. The summed E-state index contributed by atoms with van der Waals surface area (Å²) in [6.45, 7) is 1.15. The molecule has 0 saturated carbocycles. The van der Waals surface area contributed by atoms with E-state index in [0.29, 0.717) is 6.04 Å². The normalized spacial score (nSPS) is 21.4. The molecule has 76 valence electrons. The molecular weight excluding hydrogens is 177 g/mol. The first-order valence-corrected chi connectivity index (χ1v) is 5.32. The summed E-state index contributed by atoms with van der Waals surface area (Å²) in [6, 6.07) is 7.56. The van der Waals surface area contributed by atoms with Crippen LogP contribution in [0.15, 0.2) is 24.3 Å². The highest BCUT2D eigenvalue weighted by Crippen LogP contribution is 2.13. The molecule has 0 bridgehead atoms. The Kier molecular flexibility index (Phi) is 3.14. The monoisotopic (exact) mass is 193 g/mol. The Morgan fingerprint density at radius 2 is 2.36 bits per heavy atom. The van der Waals surface area contributed by atoms with Crippen LogP contribution in [0.1, 0.15) is 24.8 Å². The molecule has 2 rings (SSSR count). The van der Waals surface area contributed by atoms with Crippen LogP contribution in [0.2, 0.25) is 0 Å². The summed E-state index contributed by atoms with van der Waals surface area (Å²) < 4.78 is 12.9. The van der Waals surface area contributed by atoms with Gasteiger partial charge < -0.3 is 5.32 Å². The van der Waals surface area contributed by atoms with Crippen molar-refractivity contribution in [3.8, 4) is 0 Å². The van der Waals surface area contributed by atoms with Crippen molar-refractivity contribution in [1.82, 2.24) is 5.32 Å². The van der Waals surface area contributed by atoms with E-state index >= 15 is 0 Å². The van der Waals surface area contributed by atoms with E-state index in [-0.39, 0.29) is 5.82 Å². The summed E-state index contributed by atoms with van der Waals surface area (Å²) in [5.41, 5.74) is 1.11. The first kappa shape index (κ1) is 9.66. The summed E-state index contributed by atoms with van der Waals surface area (Å²) in [7, 11) is 0. The van der Waals surface area contributed by atoms with E-state index in [9.17, 15) is 4.39 Å². The van der Waals surface area contributed by atoms with Gasteiger partial charge in [-0.2, -0.15) is 0 Å². The van der Waals surface area contributed by atoms with Crippen LogP contribution in [0, 0.1) is 5.82 Å². The van der Waals surface area contributed by atoms with Crippen molar-refractivity contribution in [2.24, 2.45) is 0 Å². The van der Waals surface area contributed by atoms with Crippen molar-refractivity contribution in [2.75, 3.05) is 6.54 Å². The van der Waals surface area contributed by atoms with E-state index in [1.165, 1.54) is 18.9 Å². The average Bonchev–Trinajstić information content (AvgIpc) is 2.67. The summed E-state index contributed by atoms with van der Waals surface area (Å²) in [5, 5.41) is 3.45. The summed E-state index contributed by atoms with van der Waals surface area (Å²) in [6.07, 6.45) is 4.67. The van der Waals surface area contributed by atoms with Crippen molar-refractivity contribution in [1.29, 1.82) is 0 Å². The maximum atomic E-state index is 12.9. The Labute approximate surface area is 84.3 Å². The molecule has 0 spiro atoms. The second-order valence-corrected chi connectivity index (χ2v) is 3.96. The van der Waals surface area contributed by atoms with Crippen molar-refractivity contribution in [3.63, 3.8) is 0 Å². The van der Waals surface area contributed by atoms with Gasteiger partial charge >= 0.3 is 0 Å². The van der Waals surface area contributed by atoms with E-state index in [1.54, 1.807) is 12.1 Å². The van der Waals surface area contributed by atoms with Crippen LogP contribution in [0.5, 0.6) is 0 Å². The minimum absolute atomic E-state index is 0.123. The molecular formula is C12H16FN. The van der Waals surface area contributed by atoms with Crippen LogP contribution in [0.4, 0.5) is 4.39 Å². The highest BCUT2D eigenvalue weighted by molar-refractivity contribution is 5.16. The van der Waals surface area contributed by atoms with Gasteiger partial charge in [-0.1, -0.05) is 12.1 Å². The third kappa shape index (κ3) is 2.55. The topological polar surface area (TPSA) is 12.0 Å². The van der Waals surface area contributed by atoms with Gasteiger partial charge in [0.25, 0.3) is 0 Å². The van der Waals surface area contributed by atoms with Gasteiger partial charge in [-0.15, -0.1) is 0 Å². The predicted molar refractivity (Wildman–Crippen MR) is 55.7 cm³/mol.